The largest absolute Gasteiger partial charge is 0.508 e. The third-order valence-corrected chi connectivity index (χ3v) is 9.28. The fourth-order valence-corrected chi connectivity index (χ4v) is 7.19. The first-order valence-electron chi connectivity index (χ1n) is 13.8. The lowest BCUT2D eigenvalue weighted by Crippen LogP contribution is -2.28. The number of carbonyl (C=O) groups is 1. The van der Waals surface area contributed by atoms with Crippen molar-refractivity contribution < 1.29 is 15.0 Å². The number of benzene rings is 6. The van der Waals surface area contributed by atoms with Crippen LogP contribution in [-0.4, -0.2) is 16.0 Å². The van der Waals surface area contributed by atoms with E-state index >= 15 is 0 Å². The van der Waals surface area contributed by atoms with Crippen LogP contribution in [0.15, 0.2) is 142 Å². The van der Waals surface area contributed by atoms with Gasteiger partial charge in [0.05, 0.1) is 5.41 Å². The van der Waals surface area contributed by atoms with Crippen LogP contribution in [0.4, 0.5) is 0 Å². The Labute approximate surface area is 266 Å². The third-order valence-electron chi connectivity index (χ3n) is 8.30. The Bertz CT molecular complexity index is 1980. The zero-order chi connectivity index (χ0) is 29.7. The highest BCUT2D eigenvalue weighted by Gasteiger charge is 2.46. The minimum Gasteiger partial charge on any atom is -0.508 e. The van der Waals surface area contributed by atoms with E-state index in [2.05, 4.69) is 74.3 Å². The number of aromatic hydroxyl groups is 2. The summed E-state index contributed by atoms with van der Waals surface area (Å²) in [6, 6.07) is 43.3. The Hall–Kier alpha value is -4.45. The van der Waals surface area contributed by atoms with Crippen LogP contribution in [0.25, 0.3) is 22.3 Å². The van der Waals surface area contributed by atoms with E-state index in [1.165, 1.54) is 22.3 Å². The second-order valence-electron chi connectivity index (χ2n) is 10.6. The normalized spacial score (nSPS) is 13.3. The number of fused-ring (bicyclic) bond motifs is 6. The number of carbonyl (C=O) groups excluding carboxylic acids is 1. The lowest BCUT2D eigenvalue weighted by atomic mass is 9.68. The summed E-state index contributed by atoms with van der Waals surface area (Å²) in [4.78, 5) is 12.0. The van der Waals surface area contributed by atoms with Crippen LogP contribution >= 0.6 is 31.9 Å². The molecule has 2 N–H and O–H groups in total. The van der Waals surface area contributed by atoms with Gasteiger partial charge in [0.1, 0.15) is 11.5 Å². The molecule has 2 aliphatic carbocycles. The fourth-order valence-electron chi connectivity index (χ4n) is 6.46. The van der Waals surface area contributed by atoms with E-state index in [1.54, 1.807) is 24.3 Å². The summed E-state index contributed by atoms with van der Waals surface area (Å²) < 4.78 is 1.96. The molecule has 0 aromatic heterocycles. The van der Waals surface area contributed by atoms with Gasteiger partial charge in [-0.1, -0.05) is 117 Å². The van der Waals surface area contributed by atoms with Crippen molar-refractivity contribution in [2.75, 3.05) is 0 Å². The van der Waals surface area contributed by atoms with Crippen molar-refractivity contribution in [2.24, 2.45) is 0 Å². The molecule has 8 rings (SSSR count). The van der Waals surface area contributed by atoms with Crippen LogP contribution in [0.1, 0.15) is 38.2 Å². The van der Waals surface area contributed by atoms with Crippen LogP contribution in [-0.2, 0) is 5.41 Å². The molecule has 0 spiro atoms. The first kappa shape index (κ1) is 27.4. The maximum Gasteiger partial charge on any atom is 0.194 e. The van der Waals surface area contributed by atoms with Crippen LogP contribution in [0, 0.1) is 0 Å². The van der Waals surface area contributed by atoms with Gasteiger partial charge in [-0.25, -0.2) is 0 Å². The van der Waals surface area contributed by atoms with Crippen molar-refractivity contribution in [3.63, 3.8) is 0 Å². The van der Waals surface area contributed by atoms with Crippen molar-refractivity contribution in [3.8, 4) is 33.8 Å². The molecule has 208 valence electrons. The molecule has 43 heavy (non-hydrogen) atoms. The zero-order valence-corrected chi connectivity index (χ0v) is 25.9. The van der Waals surface area contributed by atoms with E-state index in [0.717, 1.165) is 42.3 Å². The van der Waals surface area contributed by atoms with Crippen LogP contribution in [0.3, 0.4) is 0 Å². The maximum atomic E-state index is 12.0. The molecule has 0 unspecified atom stereocenters. The Morgan fingerprint density at radius 3 is 1.53 bits per heavy atom. The molecule has 0 atom stereocenters. The monoisotopic (exact) mass is 686 g/mol. The van der Waals surface area contributed by atoms with Gasteiger partial charge in [-0.15, -0.1) is 0 Å². The highest BCUT2D eigenvalue weighted by atomic mass is 79.9. The second-order valence-corrected chi connectivity index (χ2v) is 12.5. The third kappa shape index (κ3) is 4.43. The Morgan fingerprint density at radius 2 is 0.907 bits per heavy atom. The number of halogens is 2. The Kier molecular flexibility index (Phi) is 6.80. The number of rotatable bonds is 2. The molecule has 0 bridgehead atoms. The van der Waals surface area contributed by atoms with E-state index in [0.29, 0.717) is 0 Å². The molecule has 0 fully saturated rings. The second kappa shape index (κ2) is 10.7. The molecule has 5 heteroatoms. The first-order valence-corrected chi connectivity index (χ1v) is 15.4. The van der Waals surface area contributed by atoms with Crippen molar-refractivity contribution in [1.82, 2.24) is 0 Å². The van der Waals surface area contributed by atoms with E-state index in [-0.39, 0.29) is 17.3 Å². The number of phenols is 2. The molecule has 0 radical (unpaired) electrons. The minimum atomic E-state index is -0.531. The lowest BCUT2D eigenvalue weighted by Gasteiger charge is -2.34. The molecular formula is C38H24Br2O3. The van der Waals surface area contributed by atoms with Crippen molar-refractivity contribution in [1.29, 1.82) is 0 Å². The van der Waals surface area contributed by atoms with Gasteiger partial charge < -0.3 is 10.2 Å². The maximum absolute atomic E-state index is 12.0. The summed E-state index contributed by atoms with van der Waals surface area (Å²) in [7, 11) is 0. The van der Waals surface area contributed by atoms with E-state index < -0.39 is 5.41 Å². The summed E-state index contributed by atoms with van der Waals surface area (Å²) in [5.41, 5.74) is 10.1. The molecule has 2 aliphatic rings. The average Bonchev–Trinajstić information content (AvgIpc) is 3.47. The van der Waals surface area contributed by atoms with Crippen LogP contribution in [0.2, 0.25) is 0 Å². The molecule has 6 aromatic carbocycles. The average molecular weight is 688 g/mol. The van der Waals surface area contributed by atoms with Crippen molar-refractivity contribution in [2.45, 2.75) is 5.41 Å². The Morgan fingerprint density at radius 1 is 0.442 bits per heavy atom. The summed E-state index contributed by atoms with van der Waals surface area (Å²) in [5.74, 6) is 0.609. The molecule has 0 heterocycles. The van der Waals surface area contributed by atoms with Crippen molar-refractivity contribution >= 4 is 37.6 Å². The number of hydrogen-bond acceptors (Lipinski definition) is 3. The van der Waals surface area contributed by atoms with Crippen molar-refractivity contribution in [3.05, 3.63) is 176 Å². The Balaban J connectivity index is 0.000000168. The van der Waals surface area contributed by atoms with Gasteiger partial charge in [-0.2, -0.15) is 0 Å². The van der Waals surface area contributed by atoms with E-state index in [9.17, 15) is 15.0 Å². The number of hydrogen-bond donors (Lipinski definition) is 2. The standard InChI is InChI=1S/C25H17BrO2.C13H7BrO/c26-18-9-14-22-21-3-1-2-4-23(21)25(24(22)15-18,16-5-10-19(27)11-6-16)17-7-12-20(28)13-8-17;14-8-5-6-10-9-3-1-2-4-11(9)13(15)12(10)7-8/h1-15,27-28H;1-7H. The minimum absolute atomic E-state index is 0.127. The molecule has 0 saturated carbocycles. The van der Waals surface area contributed by atoms with Crippen LogP contribution in [0.5, 0.6) is 11.5 Å². The molecule has 0 aliphatic heterocycles. The summed E-state index contributed by atoms with van der Waals surface area (Å²) in [6.07, 6.45) is 0. The molecule has 0 amide bonds. The molecular weight excluding hydrogens is 664 g/mol. The summed E-state index contributed by atoms with van der Waals surface area (Å²) in [6.45, 7) is 0. The highest BCUT2D eigenvalue weighted by molar-refractivity contribution is 9.10. The first-order chi connectivity index (χ1) is 20.9. The zero-order valence-electron chi connectivity index (χ0n) is 22.8. The predicted molar refractivity (Wildman–Crippen MR) is 178 cm³/mol. The fraction of sp³-hybridized carbons (Fsp3) is 0.0263. The van der Waals surface area contributed by atoms with E-state index in [1.807, 2.05) is 66.7 Å². The van der Waals surface area contributed by atoms with E-state index in [4.69, 9.17) is 0 Å². The topological polar surface area (TPSA) is 57.5 Å². The lowest BCUT2D eigenvalue weighted by molar-refractivity contribution is 0.104. The van der Waals surface area contributed by atoms with Gasteiger partial charge >= 0.3 is 0 Å². The van der Waals surface area contributed by atoms with Gasteiger partial charge in [0.25, 0.3) is 0 Å². The molecule has 6 aromatic rings. The van der Waals surface area contributed by atoms with Crippen LogP contribution < -0.4 is 0 Å². The number of ketones is 1. The predicted octanol–water partition coefficient (Wildman–Crippen LogP) is 9.88. The SMILES string of the molecule is O=C1c2ccccc2-c2ccc(Br)cc21.Oc1ccc(C2(c3ccc(O)cc3)c3ccccc3-c3ccc(Br)cc32)cc1. The van der Waals surface area contributed by atoms with Gasteiger partial charge in [0, 0.05) is 20.1 Å². The van der Waals surface area contributed by atoms with Gasteiger partial charge in [-0.3, -0.25) is 4.79 Å². The quantitative estimate of drug-likeness (QED) is 0.190. The number of phenolic OH excluding ortho intramolecular Hbond substituents is 2. The molecule has 0 saturated heterocycles. The smallest absolute Gasteiger partial charge is 0.194 e. The van der Waals surface area contributed by atoms with Gasteiger partial charge in [0.2, 0.25) is 0 Å². The summed E-state index contributed by atoms with van der Waals surface area (Å²) >= 11 is 7.03. The summed E-state index contributed by atoms with van der Waals surface area (Å²) in [5, 5.41) is 19.8. The van der Waals surface area contributed by atoms with Gasteiger partial charge in [0.15, 0.2) is 5.78 Å². The highest BCUT2D eigenvalue weighted by Crippen LogP contribution is 2.56. The van der Waals surface area contributed by atoms with Gasteiger partial charge in [-0.05, 0) is 93.0 Å². The molecule has 3 nitrogen and oxygen atoms in total.